The summed E-state index contributed by atoms with van der Waals surface area (Å²) in [6.07, 6.45) is 0. The summed E-state index contributed by atoms with van der Waals surface area (Å²) < 4.78 is 0. The number of phenolic OH excluding ortho intramolecular Hbond substituents is 1. The van der Waals surface area contributed by atoms with Gasteiger partial charge in [0.15, 0.2) is 0 Å². The van der Waals surface area contributed by atoms with E-state index in [1.807, 2.05) is 30.3 Å². The smallest absolute Gasteiger partial charge is 0.128 e. The molecule has 2 unspecified atom stereocenters. The number of aromatic hydroxyl groups is 1. The van der Waals surface area contributed by atoms with Gasteiger partial charge in [0.25, 0.3) is 0 Å². The molecule has 0 heterocycles. The third-order valence-corrected chi connectivity index (χ3v) is 3.57. The van der Waals surface area contributed by atoms with Crippen LogP contribution >= 0.6 is 0 Å². The fraction of sp³-hybridized carbons (Fsp3) is 0.412. The summed E-state index contributed by atoms with van der Waals surface area (Å²) in [4.78, 5) is 2.16. The molecular formula is C17H24N2O. The maximum absolute atomic E-state index is 10.5. The highest BCUT2D eigenvalue weighted by molar-refractivity contribution is 5.89. The van der Waals surface area contributed by atoms with E-state index >= 15 is 0 Å². The van der Waals surface area contributed by atoms with Crippen LogP contribution in [0, 0.1) is 0 Å². The van der Waals surface area contributed by atoms with Crippen molar-refractivity contribution in [2.45, 2.75) is 25.9 Å². The van der Waals surface area contributed by atoms with Crippen LogP contribution in [0.4, 0.5) is 0 Å². The fourth-order valence-corrected chi connectivity index (χ4v) is 2.74. The Morgan fingerprint density at radius 2 is 1.80 bits per heavy atom. The third-order valence-electron chi connectivity index (χ3n) is 3.57. The van der Waals surface area contributed by atoms with Gasteiger partial charge < -0.3 is 15.3 Å². The normalized spacial score (nSPS) is 14.7. The Morgan fingerprint density at radius 3 is 2.50 bits per heavy atom. The summed E-state index contributed by atoms with van der Waals surface area (Å²) in [7, 11) is 4.13. The predicted molar refractivity (Wildman–Crippen MR) is 85.2 cm³/mol. The maximum atomic E-state index is 10.5. The van der Waals surface area contributed by atoms with Crippen LogP contribution in [0.3, 0.4) is 0 Å². The van der Waals surface area contributed by atoms with E-state index in [2.05, 4.69) is 44.2 Å². The van der Waals surface area contributed by atoms with Gasteiger partial charge in [0.2, 0.25) is 0 Å². The van der Waals surface area contributed by atoms with Gasteiger partial charge in [-0.1, -0.05) is 36.4 Å². The number of nitrogens with zero attached hydrogens (tertiary/aromatic N) is 1. The van der Waals surface area contributed by atoms with Crippen LogP contribution < -0.4 is 5.32 Å². The van der Waals surface area contributed by atoms with Crippen molar-refractivity contribution in [1.29, 1.82) is 0 Å². The summed E-state index contributed by atoms with van der Waals surface area (Å²) >= 11 is 0. The molecule has 0 amide bonds. The van der Waals surface area contributed by atoms with Gasteiger partial charge in [-0.15, -0.1) is 0 Å². The van der Waals surface area contributed by atoms with E-state index < -0.39 is 0 Å². The van der Waals surface area contributed by atoms with Gasteiger partial charge in [-0.05, 0) is 33.3 Å². The van der Waals surface area contributed by atoms with Crippen molar-refractivity contribution >= 4 is 10.8 Å². The molecule has 0 radical (unpaired) electrons. The van der Waals surface area contributed by atoms with E-state index in [1.54, 1.807) is 0 Å². The maximum Gasteiger partial charge on any atom is 0.128 e. The summed E-state index contributed by atoms with van der Waals surface area (Å²) in [5.41, 5.74) is 0.953. The van der Waals surface area contributed by atoms with Gasteiger partial charge in [-0.2, -0.15) is 0 Å². The molecule has 0 aliphatic carbocycles. The lowest BCUT2D eigenvalue weighted by Crippen LogP contribution is -2.37. The molecule has 0 aliphatic rings. The summed E-state index contributed by atoms with van der Waals surface area (Å²) in [5, 5.41) is 16.0. The number of rotatable bonds is 5. The monoisotopic (exact) mass is 272 g/mol. The van der Waals surface area contributed by atoms with Crippen LogP contribution in [0.5, 0.6) is 5.75 Å². The number of nitrogens with one attached hydrogen (secondary N) is 1. The molecule has 0 fully saturated rings. The lowest BCUT2D eigenvalue weighted by atomic mass is 10.0. The molecule has 3 heteroatoms. The number of hydrogen-bond donors (Lipinski definition) is 2. The van der Waals surface area contributed by atoms with Crippen molar-refractivity contribution in [3.8, 4) is 5.75 Å². The largest absolute Gasteiger partial charge is 0.507 e. The highest BCUT2D eigenvalue weighted by Gasteiger charge is 2.15. The van der Waals surface area contributed by atoms with Crippen LogP contribution in [0.1, 0.15) is 25.5 Å². The number of phenols is 1. The Labute approximate surface area is 121 Å². The molecule has 0 saturated carbocycles. The first-order valence-corrected chi connectivity index (χ1v) is 7.10. The van der Waals surface area contributed by atoms with E-state index in [4.69, 9.17) is 0 Å². The van der Waals surface area contributed by atoms with Crippen molar-refractivity contribution in [2.24, 2.45) is 0 Å². The number of fused-ring (bicyclic) bond motifs is 1. The average Bonchev–Trinajstić information content (AvgIpc) is 2.38. The number of hydrogen-bond acceptors (Lipinski definition) is 3. The first-order chi connectivity index (χ1) is 9.49. The van der Waals surface area contributed by atoms with Gasteiger partial charge in [0.1, 0.15) is 5.75 Å². The van der Waals surface area contributed by atoms with Gasteiger partial charge in [-0.3, -0.25) is 0 Å². The van der Waals surface area contributed by atoms with E-state index in [1.165, 1.54) is 0 Å². The molecule has 3 nitrogen and oxygen atoms in total. The van der Waals surface area contributed by atoms with E-state index in [9.17, 15) is 5.11 Å². The van der Waals surface area contributed by atoms with Crippen LogP contribution in [0.2, 0.25) is 0 Å². The Hall–Kier alpha value is -1.58. The van der Waals surface area contributed by atoms with Gasteiger partial charge >= 0.3 is 0 Å². The minimum Gasteiger partial charge on any atom is -0.507 e. The zero-order valence-corrected chi connectivity index (χ0v) is 12.7. The van der Waals surface area contributed by atoms with Crippen LogP contribution in [-0.2, 0) is 0 Å². The Kier molecular flexibility index (Phi) is 4.63. The summed E-state index contributed by atoms with van der Waals surface area (Å²) in [6, 6.07) is 12.5. The Bertz CT molecular complexity index is 580. The topological polar surface area (TPSA) is 35.5 Å². The molecule has 108 valence electrons. The van der Waals surface area contributed by atoms with Crippen molar-refractivity contribution in [2.75, 3.05) is 20.6 Å². The van der Waals surface area contributed by atoms with E-state index in [-0.39, 0.29) is 6.04 Å². The molecule has 0 aliphatic heterocycles. The molecule has 0 aromatic heterocycles. The first-order valence-electron chi connectivity index (χ1n) is 7.10. The second-order valence-corrected chi connectivity index (χ2v) is 5.78. The highest BCUT2D eigenvalue weighted by atomic mass is 16.3. The number of benzene rings is 2. The Balaban J connectivity index is 2.22. The van der Waals surface area contributed by atoms with Crippen LogP contribution in [-0.4, -0.2) is 36.7 Å². The fourth-order valence-electron chi connectivity index (χ4n) is 2.74. The average molecular weight is 272 g/mol. The van der Waals surface area contributed by atoms with Gasteiger partial charge in [0.05, 0.1) is 0 Å². The van der Waals surface area contributed by atoms with Crippen LogP contribution in [0.15, 0.2) is 36.4 Å². The zero-order valence-electron chi connectivity index (χ0n) is 12.7. The minimum atomic E-state index is 0.120. The van der Waals surface area contributed by atoms with Crippen molar-refractivity contribution < 1.29 is 5.11 Å². The predicted octanol–water partition coefficient (Wildman–Crippen LogP) is 3.15. The highest BCUT2D eigenvalue weighted by Crippen LogP contribution is 2.32. The summed E-state index contributed by atoms with van der Waals surface area (Å²) in [5.74, 6) is 0.389. The standard InChI is InChI=1S/C17H24N2O/c1-12(11-19(3)4)18-13(2)15-10-9-14-7-5-6-8-16(14)17(15)20/h5-10,12-13,18,20H,11H2,1-4H3. The lowest BCUT2D eigenvalue weighted by Gasteiger charge is -2.24. The Morgan fingerprint density at radius 1 is 1.10 bits per heavy atom. The molecular weight excluding hydrogens is 248 g/mol. The summed E-state index contributed by atoms with van der Waals surface area (Å²) in [6.45, 7) is 5.23. The molecule has 0 spiro atoms. The molecule has 2 aromatic rings. The molecule has 0 saturated heterocycles. The van der Waals surface area contributed by atoms with E-state index in [0.717, 1.165) is 22.9 Å². The quantitative estimate of drug-likeness (QED) is 0.877. The third kappa shape index (κ3) is 3.30. The molecule has 2 rings (SSSR count). The van der Waals surface area contributed by atoms with E-state index in [0.29, 0.717) is 11.8 Å². The van der Waals surface area contributed by atoms with Gasteiger partial charge in [0, 0.05) is 29.6 Å². The van der Waals surface area contributed by atoms with Crippen molar-refractivity contribution in [3.63, 3.8) is 0 Å². The second kappa shape index (κ2) is 6.25. The van der Waals surface area contributed by atoms with Gasteiger partial charge in [-0.25, -0.2) is 0 Å². The first kappa shape index (κ1) is 14.8. The molecule has 2 aromatic carbocycles. The molecule has 2 atom stereocenters. The lowest BCUT2D eigenvalue weighted by molar-refractivity contribution is 0.332. The second-order valence-electron chi connectivity index (χ2n) is 5.78. The molecule has 20 heavy (non-hydrogen) atoms. The SMILES string of the molecule is CC(CN(C)C)NC(C)c1ccc2ccccc2c1O. The van der Waals surface area contributed by atoms with Crippen molar-refractivity contribution in [1.82, 2.24) is 10.2 Å². The zero-order chi connectivity index (χ0) is 14.7. The van der Waals surface area contributed by atoms with Crippen molar-refractivity contribution in [3.05, 3.63) is 42.0 Å². The molecule has 0 bridgehead atoms. The van der Waals surface area contributed by atoms with Crippen LogP contribution in [0.25, 0.3) is 10.8 Å². The molecule has 2 N–H and O–H groups in total. The minimum absolute atomic E-state index is 0.120. The number of likely N-dealkylation sites (N-methyl/N-ethyl adjacent to an activating group) is 1.